The van der Waals surface area contributed by atoms with Gasteiger partial charge in [-0.05, 0) is 62.1 Å². The first-order valence-electron chi connectivity index (χ1n) is 9.92. The molecule has 0 fully saturated rings. The number of amides is 1. The topological polar surface area (TPSA) is 60.3 Å². The SMILES string of the molecule is CCOC(=O)C(C)c1ccc(CNC(=O)c2cc3c(C)cc(C)cc3n2C)cc1. The minimum Gasteiger partial charge on any atom is -0.466 e. The first kappa shape index (κ1) is 20.6. The van der Waals surface area contributed by atoms with E-state index in [4.69, 9.17) is 4.74 Å². The van der Waals surface area contributed by atoms with E-state index in [2.05, 4.69) is 31.3 Å². The molecular weight excluding hydrogens is 364 g/mol. The second-order valence-electron chi connectivity index (χ2n) is 7.50. The van der Waals surface area contributed by atoms with Crippen molar-refractivity contribution in [3.8, 4) is 0 Å². The van der Waals surface area contributed by atoms with Crippen LogP contribution in [0.4, 0.5) is 0 Å². The summed E-state index contributed by atoms with van der Waals surface area (Å²) in [6.45, 7) is 8.56. The van der Waals surface area contributed by atoms with Gasteiger partial charge in [-0.3, -0.25) is 9.59 Å². The molecule has 29 heavy (non-hydrogen) atoms. The highest BCUT2D eigenvalue weighted by atomic mass is 16.5. The summed E-state index contributed by atoms with van der Waals surface area (Å²) in [5, 5.41) is 4.09. The highest BCUT2D eigenvalue weighted by molar-refractivity contribution is 5.99. The molecule has 0 aliphatic carbocycles. The molecule has 1 amide bonds. The summed E-state index contributed by atoms with van der Waals surface area (Å²) in [7, 11) is 1.92. The van der Waals surface area contributed by atoms with Crippen LogP contribution in [-0.4, -0.2) is 23.1 Å². The molecule has 0 spiro atoms. The zero-order valence-corrected chi connectivity index (χ0v) is 17.7. The van der Waals surface area contributed by atoms with E-state index in [-0.39, 0.29) is 17.8 Å². The largest absolute Gasteiger partial charge is 0.466 e. The van der Waals surface area contributed by atoms with Crippen molar-refractivity contribution in [2.45, 2.75) is 40.2 Å². The fourth-order valence-corrected chi connectivity index (χ4v) is 3.60. The van der Waals surface area contributed by atoms with Crippen LogP contribution >= 0.6 is 0 Å². The van der Waals surface area contributed by atoms with Crippen LogP contribution in [-0.2, 0) is 23.1 Å². The maximum Gasteiger partial charge on any atom is 0.313 e. The molecule has 1 aromatic heterocycles. The molecule has 1 N–H and O–H groups in total. The van der Waals surface area contributed by atoms with Gasteiger partial charge in [0.05, 0.1) is 12.5 Å². The fourth-order valence-electron chi connectivity index (χ4n) is 3.60. The van der Waals surface area contributed by atoms with Crippen LogP contribution < -0.4 is 5.32 Å². The van der Waals surface area contributed by atoms with Crippen molar-refractivity contribution in [2.24, 2.45) is 7.05 Å². The van der Waals surface area contributed by atoms with Crippen LogP contribution in [0, 0.1) is 13.8 Å². The predicted octanol–water partition coefficient (Wildman–Crippen LogP) is 4.39. The number of fused-ring (bicyclic) bond motifs is 1. The highest BCUT2D eigenvalue weighted by Gasteiger charge is 2.17. The third-order valence-corrected chi connectivity index (χ3v) is 5.32. The van der Waals surface area contributed by atoms with E-state index < -0.39 is 0 Å². The Bertz CT molecular complexity index is 1050. The maximum absolute atomic E-state index is 12.7. The fraction of sp³-hybridized carbons (Fsp3) is 0.333. The number of carbonyl (C=O) groups excluding carboxylic acids is 2. The predicted molar refractivity (Wildman–Crippen MR) is 115 cm³/mol. The first-order valence-corrected chi connectivity index (χ1v) is 9.92. The molecule has 0 aliphatic heterocycles. The number of benzene rings is 2. The van der Waals surface area contributed by atoms with E-state index in [1.54, 1.807) is 6.92 Å². The lowest BCUT2D eigenvalue weighted by Gasteiger charge is -2.12. The minimum atomic E-state index is -0.305. The molecule has 1 unspecified atom stereocenters. The van der Waals surface area contributed by atoms with Crippen molar-refractivity contribution in [1.29, 1.82) is 0 Å². The van der Waals surface area contributed by atoms with Gasteiger partial charge >= 0.3 is 5.97 Å². The summed E-state index contributed by atoms with van der Waals surface area (Å²) in [5.74, 6) is -0.638. The molecule has 0 aliphatic rings. The normalized spacial score (nSPS) is 12.0. The number of nitrogens with zero attached hydrogens (tertiary/aromatic N) is 1. The molecule has 5 nitrogen and oxygen atoms in total. The van der Waals surface area contributed by atoms with Crippen LogP contribution in [0.25, 0.3) is 10.9 Å². The van der Waals surface area contributed by atoms with E-state index in [1.807, 2.05) is 48.9 Å². The van der Waals surface area contributed by atoms with Crippen molar-refractivity contribution in [3.63, 3.8) is 0 Å². The molecule has 0 saturated carbocycles. The summed E-state index contributed by atoms with van der Waals surface area (Å²) in [6.07, 6.45) is 0. The van der Waals surface area contributed by atoms with Crippen LogP contribution in [0.15, 0.2) is 42.5 Å². The van der Waals surface area contributed by atoms with E-state index in [0.717, 1.165) is 22.0 Å². The van der Waals surface area contributed by atoms with Crippen molar-refractivity contribution in [2.75, 3.05) is 6.61 Å². The van der Waals surface area contributed by atoms with Gasteiger partial charge in [-0.25, -0.2) is 0 Å². The molecule has 3 rings (SSSR count). The summed E-state index contributed by atoms with van der Waals surface area (Å²) in [5.41, 5.74) is 5.93. The van der Waals surface area contributed by atoms with Gasteiger partial charge < -0.3 is 14.6 Å². The van der Waals surface area contributed by atoms with Crippen molar-refractivity contribution in [1.82, 2.24) is 9.88 Å². The first-order chi connectivity index (χ1) is 13.8. The number of aromatic nitrogens is 1. The molecule has 2 aromatic carbocycles. The third kappa shape index (κ3) is 4.34. The second kappa shape index (κ2) is 8.52. The Kier molecular flexibility index (Phi) is 6.06. The Morgan fingerprint density at radius 2 is 1.79 bits per heavy atom. The van der Waals surface area contributed by atoms with Gasteiger partial charge in [0.2, 0.25) is 0 Å². The number of hydrogen-bond acceptors (Lipinski definition) is 3. The molecule has 0 bridgehead atoms. The summed E-state index contributed by atoms with van der Waals surface area (Å²) in [6, 6.07) is 13.9. The van der Waals surface area contributed by atoms with Crippen molar-refractivity contribution in [3.05, 3.63) is 70.4 Å². The molecule has 0 saturated heterocycles. The smallest absolute Gasteiger partial charge is 0.313 e. The monoisotopic (exact) mass is 392 g/mol. The second-order valence-corrected chi connectivity index (χ2v) is 7.50. The van der Waals surface area contributed by atoms with Gasteiger partial charge in [-0.1, -0.05) is 30.3 Å². The third-order valence-electron chi connectivity index (χ3n) is 5.32. The van der Waals surface area contributed by atoms with Crippen LogP contribution in [0.1, 0.15) is 52.5 Å². The maximum atomic E-state index is 12.7. The van der Waals surface area contributed by atoms with Gasteiger partial charge in [0.25, 0.3) is 5.91 Å². The van der Waals surface area contributed by atoms with Crippen molar-refractivity contribution >= 4 is 22.8 Å². The lowest BCUT2D eigenvalue weighted by atomic mass is 10.00. The Labute approximate surface area is 171 Å². The molecule has 5 heteroatoms. The summed E-state index contributed by atoms with van der Waals surface area (Å²) < 4.78 is 7.01. The summed E-state index contributed by atoms with van der Waals surface area (Å²) in [4.78, 5) is 24.6. The van der Waals surface area contributed by atoms with Gasteiger partial charge in [-0.2, -0.15) is 0 Å². The highest BCUT2D eigenvalue weighted by Crippen LogP contribution is 2.24. The number of aryl methyl sites for hydroxylation is 3. The zero-order valence-electron chi connectivity index (χ0n) is 17.7. The van der Waals surface area contributed by atoms with E-state index in [9.17, 15) is 9.59 Å². The zero-order chi connectivity index (χ0) is 21.1. The lowest BCUT2D eigenvalue weighted by Crippen LogP contribution is -2.24. The molecule has 1 atom stereocenters. The molecule has 3 aromatic rings. The molecular formula is C24H28N2O3. The number of hydrogen-bond donors (Lipinski definition) is 1. The van der Waals surface area contributed by atoms with Gasteiger partial charge in [-0.15, -0.1) is 0 Å². The number of carbonyl (C=O) groups is 2. The van der Waals surface area contributed by atoms with E-state index >= 15 is 0 Å². The standard InChI is InChI=1S/C24H28N2O3/c1-6-29-24(28)17(4)19-9-7-18(8-10-19)14-25-23(27)22-13-20-16(3)11-15(2)12-21(20)26(22)5/h7-13,17H,6,14H2,1-5H3,(H,25,27). The molecule has 0 radical (unpaired) electrons. The lowest BCUT2D eigenvalue weighted by molar-refractivity contribution is -0.144. The van der Waals surface area contributed by atoms with E-state index in [0.29, 0.717) is 18.8 Å². The Balaban J connectivity index is 1.70. The van der Waals surface area contributed by atoms with Gasteiger partial charge in [0, 0.05) is 24.5 Å². The Morgan fingerprint density at radius 3 is 2.45 bits per heavy atom. The summed E-state index contributed by atoms with van der Waals surface area (Å²) >= 11 is 0. The van der Waals surface area contributed by atoms with Crippen LogP contribution in [0.2, 0.25) is 0 Å². The Morgan fingerprint density at radius 1 is 1.10 bits per heavy atom. The van der Waals surface area contributed by atoms with Crippen LogP contribution in [0.5, 0.6) is 0 Å². The number of rotatable bonds is 6. The van der Waals surface area contributed by atoms with Crippen molar-refractivity contribution < 1.29 is 14.3 Å². The quantitative estimate of drug-likeness (QED) is 0.633. The van der Waals surface area contributed by atoms with Gasteiger partial charge in [0.1, 0.15) is 5.69 Å². The molecule has 152 valence electrons. The van der Waals surface area contributed by atoms with Crippen LogP contribution in [0.3, 0.4) is 0 Å². The van der Waals surface area contributed by atoms with Gasteiger partial charge in [0.15, 0.2) is 0 Å². The number of ether oxygens (including phenoxy) is 1. The average Bonchev–Trinajstić information content (AvgIpc) is 3.03. The number of esters is 1. The number of nitrogens with one attached hydrogen (secondary N) is 1. The van der Waals surface area contributed by atoms with E-state index in [1.165, 1.54) is 11.1 Å². The Hall–Kier alpha value is -3.08. The average molecular weight is 392 g/mol. The minimum absolute atomic E-state index is 0.107. The molecule has 1 heterocycles.